The van der Waals surface area contributed by atoms with Gasteiger partial charge in [-0.05, 0) is 43.5 Å². The highest BCUT2D eigenvalue weighted by molar-refractivity contribution is 5.94. The van der Waals surface area contributed by atoms with Gasteiger partial charge in [-0.15, -0.1) is 0 Å². The first kappa shape index (κ1) is 20.7. The van der Waals surface area contributed by atoms with Gasteiger partial charge in [0.15, 0.2) is 0 Å². The molecule has 1 spiro atoms. The molecule has 1 amide bonds. The number of carbonyl (C=O) groups is 1. The summed E-state index contributed by atoms with van der Waals surface area (Å²) >= 11 is 0. The predicted octanol–water partition coefficient (Wildman–Crippen LogP) is 2.58. The van der Waals surface area contributed by atoms with E-state index in [1.54, 1.807) is 0 Å². The zero-order valence-corrected chi connectivity index (χ0v) is 19.1. The Morgan fingerprint density at radius 2 is 1.82 bits per heavy atom. The van der Waals surface area contributed by atoms with Crippen LogP contribution in [0.15, 0.2) is 30.5 Å². The van der Waals surface area contributed by atoms with Crippen LogP contribution in [0.2, 0.25) is 0 Å². The first-order chi connectivity index (χ1) is 16.2. The summed E-state index contributed by atoms with van der Waals surface area (Å²) in [6, 6.07) is 8.89. The molecule has 174 valence electrons. The van der Waals surface area contributed by atoms with Crippen LogP contribution in [0, 0.1) is 0 Å². The Kier molecular flexibility index (Phi) is 5.32. The summed E-state index contributed by atoms with van der Waals surface area (Å²) < 4.78 is 0. The minimum Gasteiger partial charge on any atom is -0.369 e. The Morgan fingerprint density at radius 1 is 1.03 bits per heavy atom. The topological polar surface area (TPSA) is 85.4 Å². The summed E-state index contributed by atoms with van der Waals surface area (Å²) in [6.07, 6.45) is 9.49. The molecule has 3 N–H and O–H groups in total. The van der Waals surface area contributed by atoms with Gasteiger partial charge in [0.1, 0.15) is 11.4 Å². The molecule has 0 bridgehead atoms. The standard InChI is InChI=1S/C25H33N7O/c33-23-25(10-11-27-23)16-18-17-28-24(30-22(18)32(25)21-4-2-1-3-5-21)29-19-6-8-20(9-7-19)31-14-12-26-13-15-31/h6-9,17,21,26H,1-5,10-16H2,(H,27,33)(H,28,29,30). The second-order valence-corrected chi connectivity index (χ2v) is 9.83. The predicted molar refractivity (Wildman–Crippen MR) is 130 cm³/mol. The average Bonchev–Trinajstić information content (AvgIpc) is 3.39. The molecule has 1 saturated carbocycles. The van der Waals surface area contributed by atoms with Gasteiger partial charge in [0.25, 0.3) is 0 Å². The van der Waals surface area contributed by atoms with Crippen LogP contribution in [0.25, 0.3) is 0 Å². The molecule has 1 aliphatic carbocycles. The van der Waals surface area contributed by atoms with Gasteiger partial charge < -0.3 is 25.8 Å². The van der Waals surface area contributed by atoms with E-state index in [1.165, 1.54) is 24.9 Å². The fourth-order valence-electron chi connectivity index (χ4n) is 6.12. The van der Waals surface area contributed by atoms with Crippen molar-refractivity contribution in [3.8, 4) is 0 Å². The van der Waals surface area contributed by atoms with Gasteiger partial charge in [0, 0.05) is 68.3 Å². The number of hydrogen-bond donors (Lipinski definition) is 3. The molecule has 1 unspecified atom stereocenters. The maximum Gasteiger partial charge on any atom is 0.246 e. The van der Waals surface area contributed by atoms with Gasteiger partial charge in [-0.1, -0.05) is 19.3 Å². The van der Waals surface area contributed by atoms with Crippen LogP contribution in [-0.4, -0.2) is 60.2 Å². The van der Waals surface area contributed by atoms with Crippen molar-refractivity contribution in [2.75, 3.05) is 47.8 Å². The lowest BCUT2D eigenvalue weighted by molar-refractivity contribution is -0.123. The minimum absolute atomic E-state index is 0.157. The summed E-state index contributed by atoms with van der Waals surface area (Å²) in [5, 5.41) is 9.89. The largest absolute Gasteiger partial charge is 0.369 e. The van der Waals surface area contributed by atoms with Crippen molar-refractivity contribution < 1.29 is 4.79 Å². The molecule has 0 radical (unpaired) electrons. The first-order valence-electron chi connectivity index (χ1n) is 12.5. The fourth-order valence-corrected chi connectivity index (χ4v) is 6.12. The number of rotatable bonds is 4. The molecule has 2 aromatic rings. The monoisotopic (exact) mass is 447 g/mol. The lowest BCUT2D eigenvalue weighted by Crippen LogP contribution is -2.57. The van der Waals surface area contributed by atoms with E-state index in [1.807, 2.05) is 6.20 Å². The van der Waals surface area contributed by atoms with Crippen molar-refractivity contribution in [1.29, 1.82) is 0 Å². The Morgan fingerprint density at radius 3 is 2.55 bits per heavy atom. The molecule has 33 heavy (non-hydrogen) atoms. The molecule has 1 aromatic heterocycles. The van der Waals surface area contributed by atoms with E-state index >= 15 is 0 Å². The summed E-state index contributed by atoms with van der Waals surface area (Å²) in [7, 11) is 0. The summed E-state index contributed by atoms with van der Waals surface area (Å²) in [5.74, 6) is 1.71. The number of amides is 1. The number of nitrogens with zero attached hydrogens (tertiary/aromatic N) is 4. The molecular formula is C25H33N7O. The highest BCUT2D eigenvalue weighted by atomic mass is 16.2. The van der Waals surface area contributed by atoms with Crippen LogP contribution in [0.3, 0.4) is 0 Å². The number of nitrogens with one attached hydrogen (secondary N) is 3. The van der Waals surface area contributed by atoms with Crippen LogP contribution in [0.5, 0.6) is 0 Å². The highest BCUT2D eigenvalue weighted by Gasteiger charge is 2.55. The lowest BCUT2D eigenvalue weighted by atomic mass is 9.87. The molecule has 6 rings (SSSR count). The van der Waals surface area contributed by atoms with Crippen LogP contribution < -0.4 is 25.8 Å². The van der Waals surface area contributed by atoms with E-state index in [4.69, 9.17) is 4.98 Å². The van der Waals surface area contributed by atoms with Gasteiger partial charge in [0.2, 0.25) is 11.9 Å². The summed E-state index contributed by atoms with van der Waals surface area (Å²) in [4.78, 5) is 27.4. The highest BCUT2D eigenvalue weighted by Crippen LogP contribution is 2.45. The zero-order chi connectivity index (χ0) is 22.3. The first-order valence-corrected chi connectivity index (χ1v) is 12.5. The van der Waals surface area contributed by atoms with Crippen LogP contribution in [0.1, 0.15) is 44.1 Å². The van der Waals surface area contributed by atoms with Gasteiger partial charge in [-0.2, -0.15) is 4.98 Å². The molecule has 1 aromatic carbocycles. The average molecular weight is 448 g/mol. The Labute approximate surface area is 195 Å². The van der Waals surface area contributed by atoms with E-state index in [-0.39, 0.29) is 5.91 Å². The van der Waals surface area contributed by atoms with Gasteiger partial charge in [-0.3, -0.25) is 4.79 Å². The van der Waals surface area contributed by atoms with E-state index < -0.39 is 5.54 Å². The van der Waals surface area contributed by atoms with Crippen molar-refractivity contribution in [1.82, 2.24) is 20.6 Å². The van der Waals surface area contributed by atoms with Gasteiger partial charge in [-0.25, -0.2) is 4.98 Å². The third kappa shape index (κ3) is 3.70. The molecule has 3 aliphatic heterocycles. The van der Waals surface area contributed by atoms with Crippen molar-refractivity contribution in [2.24, 2.45) is 0 Å². The lowest BCUT2D eigenvalue weighted by Gasteiger charge is -2.42. The Bertz CT molecular complexity index is 1010. The molecular weight excluding hydrogens is 414 g/mol. The van der Waals surface area contributed by atoms with Crippen molar-refractivity contribution in [2.45, 2.75) is 56.5 Å². The van der Waals surface area contributed by atoms with Crippen LogP contribution >= 0.6 is 0 Å². The number of benzene rings is 1. The maximum absolute atomic E-state index is 13.0. The number of piperazine rings is 1. The minimum atomic E-state index is -0.484. The third-order valence-electron chi connectivity index (χ3n) is 7.81. The Hall–Kier alpha value is -2.87. The SMILES string of the molecule is O=C1NCCC12Cc1cnc(Nc3ccc(N4CCNCC4)cc3)nc1N2C1CCCCC1. The molecule has 8 nitrogen and oxygen atoms in total. The van der Waals surface area contributed by atoms with Crippen molar-refractivity contribution >= 4 is 29.0 Å². The van der Waals surface area contributed by atoms with Crippen LogP contribution in [0.4, 0.5) is 23.1 Å². The normalized spacial score (nSPS) is 25.4. The number of hydrogen-bond acceptors (Lipinski definition) is 7. The number of anilines is 4. The van der Waals surface area contributed by atoms with Crippen molar-refractivity contribution in [3.05, 3.63) is 36.0 Å². The van der Waals surface area contributed by atoms with E-state index in [9.17, 15) is 4.79 Å². The van der Waals surface area contributed by atoms with Crippen molar-refractivity contribution in [3.63, 3.8) is 0 Å². The molecule has 2 saturated heterocycles. The van der Waals surface area contributed by atoms with E-state index in [0.717, 1.165) is 69.1 Å². The van der Waals surface area contributed by atoms with E-state index in [2.05, 4.69) is 55.0 Å². The fraction of sp³-hybridized carbons (Fsp3) is 0.560. The molecule has 1 atom stereocenters. The van der Waals surface area contributed by atoms with Gasteiger partial charge in [0.05, 0.1) is 0 Å². The molecule has 3 fully saturated rings. The third-order valence-corrected chi connectivity index (χ3v) is 7.81. The van der Waals surface area contributed by atoms with Gasteiger partial charge >= 0.3 is 0 Å². The smallest absolute Gasteiger partial charge is 0.246 e. The number of fused-ring (bicyclic) bond motifs is 1. The molecule has 4 aliphatic rings. The summed E-state index contributed by atoms with van der Waals surface area (Å²) in [6.45, 7) is 4.87. The second kappa shape index (κ2) is 8.48. The number of aromatic nitrogens is 2. The zero-order valence-electron chi connectivity index (χ0n) is 19.1. The summed E-state index contributed by atoms with van der Waals surface area (Å²) in [5.41, 5.74) is 2.83. The molecule has 4 heterocycles. The van der Waals surface area contributed by atoms with Crippen LogP contribution in [-0.2, 0) is 11.2 Å². The quantitative estimate of drug-likeness (QED) is 0.664. The maximum atomic E-state index is 13.0. The van der Waals surface area contributed by atoms with E-state index in [0.29, 0.717) is 18.4 Å². The second-order valence-electron chi connectivity index (χ2n) is 9.83. The number of carbonyl (C=O) groups excluding carboxylic acids is 1. The Balaban J connectivity index is 1.26. The molecule has 8 heteroatoms.